The summed E-state index contributed by atoms with van der Waals surface area (Å²) in [6, 6.07) is 2.02. The van der Waals surface area contributed by atoms with E-state index in [1.54, 1.807) is 4.57 Å². The predicted octanol–water partition coefficient (Wildman–Crippen LogP) is 2.08. The monoisotopic (exact) mass is 167 g/mol. The van der Waals surface area contributed by atoms with Gasteiger partial charge in [-0.3, -0.25) is 0 Å². The molecule has 3 nitrogen and oxygen atoms in total. The van der Waals surface area contributed by atoms with Gasteiger partial charge < -0.3 is 9.67 Å². The zero-order valence-corrected chi connectivity index (χ0v) is 7.53. The third kappa shape index (κ3) is 1.35. The molecule has 1 rings (SSSR count). The Morgan fingerprint density at radius 2 is 2.17 bits per heavy atom. The zero-order chi connectivity index (χ0) is 9.30. The van der Waals surface area contributed by atoms with Gasteiger partial charge in [-0.1, -0.05) is 0 Å². The van der Waals surface area contributed by atoms with Gasteiger partial charge in [0.1, 0.15) is 5.69 Å². The molecule has 0 amide bonds. The van der Waals surface area contributed by atoms with Crippen LogP contribution < -0.4 is 0 Å². The molecule has 66 valence electrons. The van der Waals surface area contributed by atoms with Crippen molar-refractivity contribution in [2.45, 2.75) is 26.8 Å². The van der Waals surface area contributed by atoms with Gasteiger partial charge >= 0.3 is 5.97 Å². The van der Waals surface area contributed by atoms with E-state index in [-0.39, 0.29) is 6.04 Å². The Hall–Kier alpha value is -1.25. The van der Waals surface area contributed by atoms with Crippen molar-refractivity contribution in [2.24, 2.45) is 0 Å². The molecule has 0 bridgehead atoms. The van der Waals surface area contributed by atoms with E-state index in [0.717, 1.165) is 5.56 Å². The van der Waals surface area contributed by atoms with Crippen molar-refractivity contribution in [1.82, 2.24) is 4.57 Å². The summed E-state index contributed by atoms with van der Waals surface area (Å²) in [5.74, 6) is -0.855. The van der Waals surface area contributed by atoms with Crippen molar-refractivity contribution in [1.29, 1.82) is 0 Å². The highest BCUT2D eigenvalue weighted by Crippen LogP contribution is 2.15. The fraction of sp³-hybridized carbons (Fsp3) is 0.444. The highest BCUT2D eigenvalue weighted by molar-refractivity contribution is 5.87. The van der Waals surface area contributed by atoms with E-state index in [4.69, 9.17) is 5.11 Å². The molecule has 12 heavy (non-hydrogen) atoms. The summed E-state index contributed by atoms with van der Waals surface area (Å²) in [5, 5.41) is 8.86. The van der Waals surface area contributed by atoms with Gasteiger partial charge in [0.15, 0.2) is 0 Å². The molecule has 0 spiro atoms. The standard InChI is InChI=1S/C9H13NO2/c1-6(2)10-5-4-7(3)8(10)9(11)12/h4-6H,1-3H3,(H,11,12). The van der Waals surface area contributed by atoms with E-state index in [0.29, 0.717) is 5.69 Å². The number of carboxylic acid groups (broad SMARTS) is 1. The third-order valence-electron chi connectivity index (χ3n) is 1.88. The number of nitrogens with zero attached hydrogens (tertiary/aromatic N) is 1. The van der Waals surface area contributed by atoms with E-state index >= 15 is 0 Å². The molecule has 3 heteroatoms. The van der Waals surface area contributed by atoms with Crippen molar-refractivity contribution < 1.29 is 9.90 Å². The molecule has 0 unspecified atom stereocenters. The van der Waals surface area contributed by atoms with Gasteiger partial charge in [0.25, 0.3) is 0 Å². The summed E-state index contributed by atoms with van der Waals surface area (Å²) < 4.78 is 1.76. The SMILES string of the molecule is Cc1ccn(C(C)C)c1C(=O)O. The molecule has 0 aromatic carbocycles. The Bertz CT molecular complexity index is 299. The molecule has 0 saturated heterocycles. The lowest BCUT2D eigenvalue weighted by atomic mass is 10.2. The van der Waals surface area contributed by atoms with Crippen LogP contribution in [0.5, 0.6) is 0 Å². The normalized spacial score (nSPS) is 10.7. The Balaban J connectivity index is 3.21. The zero-order valence-electron chi connectivity index (χ0n) is 7.53. The number of hydrogen-bond donors (Lipinski definition) is 1. The fourth-order valence-electron chi connectivity index (χ4n) is 1.26. The minimum atomic E-state index is -0.855. The maximum Gasteiger partial charge on any atom is 0.352 e. The molecular formula is C9H13NO2. The fourth-order valence-corrected chi connectivity index (χ4v) is 1.26. The van der Waals surface area contributed by atoms with Crippen molar-refractivity contribution >= 4 is 5.97 Å². The van der Waals surface area contributed by atoms with Gasteiger partial charge in [-0.2, -0.15) is 0 Å². The van der Waals surface area contributed by atoms with Gasteiger partial charge in [-0.05, 0) is 32.4 Å². The lowest BCUT2D eigenvalue weighted by Crippen LogP contribution is -2.10. The summed E-state index contributed by atoms with van der Waals surface area (Å²) >= 11 is 0. The molecule has 0 aliphatic heterocycles. The summed E-state index contributed by atoms with van der Waals surface area (Å²) in [5.41, 5.74) is 1.21. The van der Waals surface area contributed by atoms with Crippen LogP contribution in [0, 0.1) is 6.92 Å². The van der Waals surface area contributed by atoms with E-state index < -0.39 is 5.97 Å². The second-order valence-corrected chi connectivity index (χ2v) is 3.15. The number of aryl methyl sites for hydroxylation is 1. The molecular weight excluding hydrogens is 154 g/mol. The lowest BCUT2D eigenvalue weighted by molar-refractivity contribution is 0.0682. The molecule has 1 heterocycles. The average Bonchev–Trinajstić information content (AvgIpc) is 2.30. The van der Waals surface area contributed by atoms with Crippen LogP contribution in [0.3, 0.4) is 0 Å². The van der Waals surface area contributed by atoms with Crippen LogP contribution in [0.2, 0.25) is 0 Å². The second kappa shape index (κ2) is 3.01. The quantitative estimate of drug-likeness (QED) is 0.732. The molecule has 0 radical (unpaired) electrons. The summed E-state index contributed by atoms with van der Waals surface area (Å²) in [7, 11) is 0. The maximum atomic E-state index is 10.8. The van der Waals surface area contributed by atoms with Crippen molar-refractivity contribution in [2.75, 3.05) is 0 Å². The van der Waals surface area contributed by atoms with Crippen LogP contribution >= 0.6 is 0 Å². The minimum Gasteiger partial charge on any atom is -0.477 e. The number of aromatic nitrogens is 1. The lowest BCUT2D eigenvalue weighted by Gasteiger charge is -2.10. The topological polar surface area (TPSA) is 42.2 Å². The highest BCUT2D eigenvalue weighted by atomic mass is 16.4. The molecule has 1 aromatic rings. The Kier molecular flexibility index (Phi) is 2.22. The number of carboxylic acids is 1. The first kappa shape index (κ1) is 8.84. The third-order valence-corrected chi connectivity index (χ3v) is 1.88. The van der Waals surface area contributed by atoms with Crippen molar-refractivity contribution in [3.63, 3.8) is 0 Å². The molecule has 1 aromatic heterocycles. The van der Waals surface area contributed by atoms with E-state index in [2.05, 4.69) is 0 Å². The molecule has 0 saturated carbocycles. The average molecular weight is 167 g/mol. The van der Waals surface area contributed by atoms with Gasteiger partial charge in [0, 0.05) is 12.2 Å². The number of rotatable bonds is 2. The predicted molar refractivity (Wildman–Crippen MR) is 46.5 cm³/mol. The number of carbonyl (C=O) groups is 1. The van der Waals surface area contributed by atoms with Crippen LogP contribution in [0.4, 0.5) is 0 Å². The Morgan fingerprint density at radius 3 is 2.50 bits per heavy atom. The first-order valence-corrected chi connectivity index (χ1v) is 3.94. The summed E-state index contributed by atoms with van der Waals surface area (Å²) in [6.45, 7) is 5.74. The molecule has 0 aliphatic carbocycles. The second-order valence-electron chi connectivity index (χ2n) is 3.15. The van der Waals surface area contributed by atoms with Crippen LogP contribution in [0.25, 0.3) is 0 Å². The summed E-state index contributed by atoms with van der Waals surface area (Å²) in [6.07, 6.45) is 1.81. The van der Waals surface area contributed by atoms with Gasteiger partial charge in [0.05, 0.1) is 0 Å². The largest absolute Gasteiger partial charge is 0.477 e. The van der Waals surface area contributed by atoms with Crippen molar-refractivity contribution in [3.8, 4) is 0 Å². The number of hydrogen-bond acceptors (Lipinski definition) is 1. The van der Waals surface area contributed by atoms with Crippen LogP contribution in [0.15, 0.2) is 12.3 Å². The Morgan fingerprint density at radius 1 is 1.58 bits per heavy atom. The molecule has 0 atom stereocenters. The Labute approximate surface area is 71.6 Å². The first-order chi connectivity index (χ1) is 5.54. The van der Waals surface area contributed by atoms with Crippen LogP contribution in [-0.4, -0.2) is 15.6 Å². The van der Waals surface area contributed by atoms with Crippen molar-refractivity contribution in [3.05, 3.63) is 23.5 Å². The smallest absolute Gasteiger partial charge is 0.352 e. The molecule has 1 N–H and O–H groups in total. The van der Waals surface area contributed by atoms with E-state index in [1.165, 1.54) is 0 Å². The summed E-state index contributed by atoms with van der Waals surface area (Å²) in [4.78, 5) is 10.8. The number of aromatic carboxylic acids is 1. The first-order valence-electron chi connectivity index (χ1n) is 3.94. The van der Waals surface area contributed by atoms with Crippen LogP contribution in [-0.2, 0) is 0 Å². The maximum absolute atomic E-state index is 10.8. The molecule has 0 aliphatic rings. The van der Waals surface area contributed by atoms with Gasteiger partial charge in [0.2, 0.25) is 0 Å². The van der Waals surface area contributed by atoms with Crippen LogP contribution in [0.1, 0.15) is 35.9 Å². The minimum absolute atomic E-state index is 0.199. The van der Waals surface area contributed by atoms with Gasteiger partial charge in [-0.15, -0.1) is 0 Å². The van der Waals surface area contributed by atoms with Gasteiger partial charge in [-0.25, -0.2) is 4.79 Å². The highest BCUT2D eigenvalue weighted by Gasteiger charge is 2.14. The molecule has 0 fully saturated rings. The van der Waals surface area contributed by atoms with E-state index in [1.807, 2.05) is 33.0 Å². The van der Waals surface area contributed by atoms with E-state index in [9.17, 15) is 4.79 Å².